The second kappa shape index (κ2) is 9.79. The molecule has 2 aromatic rings. The zero-order chi connectivity index (χ0) is 19.1. The summed E-state index contributed by atoms with van der Waals surface area (Å²) in [5, 5.41) is 11.0. The van der Waals surface area contributed by atoms with Gasteiger partial charge in [0.25, 0.3) is 0 Å². The molecule has 0 aromatic heterocycles. The van der Waals surface area contributed by atoms with E-state index < -0.39 is 12.0 Å². The van der Waals surface area contributed by atoms with E-state index in [1.165, 1.54) is 0 Å². The van der Waals surface area contributed by atoms with Gasteiger partial charge in [-0.2, -0.15) is 0 Å². The predicted molar refractivity (Wildman–Crippen MR) is 109 cm³/mol. The van der Waals surface area contributed by atoms with Gasteiger partial charge in [-0.25, -0.2) is 0 Å². The molecule has 0 spiro atoms. The third kappa shape index (κ3) is 5.36. The van der Waals surface area contributed by atoms with Crippen LogP contribution in [0, 0.1) is 5.92 Å². The Hall–Kier alpha value is -1.78. The number of rotatable bonds is 8. The fraction of sp³-hybridized carbons (Fsp3) is 0.409. The van der Waals surface area contributed by atoms with Gasteiger partial charge in [0, 0.05) is 22.7 Å². The summed E-state index contributed by atoms with van der Waals surface area (Å²) >= 11 is 1.61. The zero-order valence-electron chi connectivity index (χ0n) is 16.0. The van der Waals surface area contributed by atoms with Crippen LogP contribution in [0.3, 0.4) is 0 Å². The van der Waals surface area contributed by atoms with Gasteiger partial charge in [0.05, 0.1) is 12.0 Å². The topological polar surface area (TPSA) is 40.5 Å². The van der Waals surface area contributed by atoms with Gasteiger partial charge >= 0.3 is 0 Å². The molecule has 3 nitrogen and oxygen atoms in total. The fourth-order valence-corrected chi connectivity index (χ4v) is 4.23. The van der Waals surface area contributed by atoms with Crippen LogP contribution in [0.15, 0.2) is 65.6 Å². The van der Waals surface area contributed by atoms with Crippen LogP contribution in [0.4, 0.5) is 0 Å². The molecule has 0 aliphatic heterocycles. The van der Waals surface area contributed by atoms with E-state index in [4.69, 9.17) is 0 Å². The number of thioether (sulfide) groups is 1. The Balaban J connectivity index is 2.26. The van der Waals surface area contributed by atoms with Gasteiger partial charge in [-0.15, -0.1) is 11.8 Å². The number of aliphatic hydroxyl groups excluding tert-OH is 1. The highest BCUT2D eigenvalue weighted by molar-refractivity contribution is 7.99. The van der Waals surface area contributed by atoms with Crippen LogP contribution in [0.2, 0.25) is 0 Å². The van der Waals surface area contributed by atoms with Crippen molar-refractivity contribution in [2.45, 2.75) is 50.8 Å². The largest absolute Gasteiger partial charge is 0.388 e. The van der Waals surface area contributed by atoms with Crippen molar-refractivity contribution in [2.24, 2.45) is 5.92 Å². The number of hydrogen-bond donors (Lipinski definition) is 1. The highest BCUT2D eigenvalue weighted by Gasteiger charge is 2.33. The normalized spacial score (nSPS) is 13.7. The summed E-state index contributed by atoms with van der Waals surface area (Å²) < 4.78 is 0. The maximum Gasteiger partial charge on any atom is 0.229 e. The molecular weight excluding hydrogens is 342 g/mol. The Bertz CT molecular complexity index is 665. The summed E-state index contributed by atoms with van der Waals surface area (Å²) in [6, 6.07) is 19.7. The monoisotopic (exact) mass is 371 g/mol. The minimum Gasteiger partial charge on any atom is -0.388 e. The smallest absolute Gasteiger partial charge is 0.229 e. The van der Waals surface area contributed by atoms with Crippen molar-refractivity contribution in [3.63, 3.8) is 0 Å². The number of carbonyl (C=O) groups is 1. The maximum absolute atomic E-state index is 13.3. The van der Waals surface area contributed by atoms with E-state index in [1.807, 2.05) is 93.3 Å². The van der Waals surface area contributed by atoms with E-state index in [-0.39, 0.29) is 18.0 Å². The van der Waals surface area contributed by atoms with Gasteiger partial charge in [-0.1, -0.05) is 48.5 Å². The molecule has 0 heterocycles. The maximum atomic E-state index is 13.3. The molecule has 26 heavy (non-hydrogen) atoms. The number of hydrogen-bond acceptors (Lipinski definition) is 3. The summed E-state index contributed by atoms with van der Waals surface area (Å²) in [5.41, 5.74) is 0.784. The van der Waals surface area contributed by atoms with Gasteiger partial charge < -0.3 is 10.0 Å². The molecule has 0 saturated carbocycles. The van der Waals surface area contributed by atoms with Gasteiger partial charge in [-0.3, -0.25) is 4.79 Å². The van der Waals surface area contributed by atoms with E-state index >= 15 is 0 Å². The minimum atomic E-state index is -0.820. The number of nitrogens with zero attached hydrogens (tertiary/aromatic N) is 1. The average Bonchev–Trinajstić information content (AvgIpc) is 2.62. The van der Waals surface area contributed by atoms with Crippen LogP contribution in [0.5, 0.6) is 0 Å². The van der Waals surface area contributed by atoms with Gasteiger partial charge in [0.15, 0.2) is 0 Å². The van der Waals surface area contributed by atoms with Gasteiger partial charge in [0.2, 0.25) is 5.91 Å². The van der Waals surface area contributed by atoms with Crippen molar-refractivity contribution in [3.8, 4) is 0 Å². The zero-order valence-corrected chi connectivity index (χ0v) is 16.8. The SMILES string of the molecule is CC(C)N(C(=O)[C@H](CSc1ccccc1)[C@@H](O)c1ccccc1)C(C)C. The highest BCUT2D eigenvalue weighted by atomic mass is 32.2. The summed E-state index contributed by atoms with van der Waals surface area (Å²) in [7, 11) is 0. The van der Waals surface area contributed by atoms with E-state index in [1.54, 1.807) is 11.8 Å². The summed E-state index contributed by atoms with van der Waals surface area (Å²) in [4.78, 5) is 16.3. The molecule has 1 N–H and O–H groups in total. The predicted octanol–water partition coefficient (Wildman–Crippen LogP) is 4.77. The number of aliphatic hydroxyl groups is 1. The third-order valence-corrected chi connectivity index (χ3v) is 5.51. The number of amides is 1. The Kier molecular flexibility index (Phi) is 7.73. The molecule has 2 atom stereocenters. The van der Waals surface area contributed by atoms with Crippen molar-refractivity contribution < 1.29 is 9.90 Å². The fourth-order valence-electron chi connectivity index (χ4n) is 3.18. The van der Waals surface area contributed by atoms with Gasteiger partial charge in [0.1, 0.15) is 0 Å². The molecule has 4 heteroatoms. The van der Waals surface area contributed by atoms with Crippen molar-refractivity contribution in [1.82, 2.24) is 4.90 Å². The van der Waals surface area contributed by atoms with Crippen molar-refractivity contribution >= 4 is 17.7 Å². The lowest BCUT2D eigenvalue weighted by Gasteiger charge is -2.35. The minimum absolute atomic E-state index is 0.00906. The number of carbonyl (C=O) groups excluding carboxylic acids is 1. The molecule has 0 bridgehead atoms. The summed E-state index contributed by atoms with van der Waals surface area (Å²) in [6.45, 7) is 8.09. The Labute approximate surface area is 161 Å². The summed E-state index contributed by atoms with van der Waals surface area (Å²) in [5.74, 6) is 0.0525. The molecule has 140 valence electrons. The average molecular weight is 372 g/mol. The first-order valence-corrected chi connectivity index (χ1v) is 10.1. The molecule has 0 saturated heterocycles. The lowest BCUT2D eigenvalue weighted by Crippen LogP contribution is -2.47. The summed E-state index contributed by atoms with van der Waals surface area (Å²) in [6.07, 6.45) is -0.820. The number of benzene rings is 2. The Morgan fingerprint density at radius 3 is 1.92 bits per heavy atom. The van der Waals surface area contributed by atoms with Crippen LogP contribution in [-0.2, 0) is 4.79 Å². The van der Waals surface area contributed by atoms with Crippen LogP contribution in [0.25, 0.3) is 0 Å². The second-order valence-corrected chi connectivity index (χ2v) is 8.11. The Morgan fingerprint density at radius 2 is 1.42 bits per heavy atom. The molecule has 0 unspecified atom stereocenters. The third-order valence-electron chi connectivity index (χ3n) is 4.38. The van der Waals surface area contributed by atoms with Crippen LogP contribution in [0.1, 0.15) is 39.4 Å². The van der Waals surface area contributed by atoms with Crippen molar-refractivity contribution in [2.75, 3.05) is 5.75 Å². The van der Waals surface area contributed by atoms with Crippen molar-refractivity contribution in [3.05, 3.63) is 66.2 Å². The first-order valence-electron chi connectivity index (χ1n) is 9.14. The van der Waals surface area contributed by atoms with E-state index in [0.717, 1.165) is 10.5 Å². The highest BCUT2D eigenvalue weighted by Crippen LogP contribution is 2.31. The lowest BCUT2D eigenvalue weighted by molar-refractivity contribution is -0.142. The molecule has 2 rings (SSSR count). The first kappa shape index (κ1) is 20.5. The molecule has 0 aliphatic carbocycles. The lowest BCUT2D eigenvalue weighted by atomic mass is 9.95. The van der Waals surface area contributed by atoms with Crippen LogP contribution >= 0.6 is 11.8 Å². The molecule has 0 aliphatic rings. The molecule has 1 amide bonds. The van der Waals surface area contributed by atoms with E-state index in [9.17, 15) is 9.90 Å². The van der Waals surface area contributed by atoms with Crippen LogP contribution in [-0.4, -0.2) is 33.8 Å². The van der Waals surface area contributed by atoms with E-state index in [0.29, 0.717) is 5.75 Å². The van der Waals surface area contributed by atoms with Crippen molar-refractivity contribution in [1.29, 1.82) is 0 Å². The Morgan fingerprint density at radius 1 is 0.923 bits per heavy atom. The first-order chi connectivity index (χ1) is 12.4. The standard InChI is InChI=1S/C22H29NO2S/c1-16(2)23(17(3)4)22(25)20(15-26-19-13-9-6-10-14-19)21(24)18-11-7-5-8-12-18/h5-14,16-17,20-21,24H,15H2,1-4H3/t20-,21+/m1/s1. The molecule has 2 aromatic carbocycles. The molecule has 0 fully saturated rings. The second-order valence-electron chi connectivity index (χ2n) is 7.02. The van der Waals surface area contributed by atoms with Gasteiger partial charge in [-0.05, 0) is 45.4 Å². The van der Waals surface area contributed by atoms with Crippen LogP contribution < -0.4 is 0 Å². The quantitative estimate of drug-likeness (QED) is 0.679. The molecular formula is C22H29NO2S. The van der Waals surface area contributed by atoms with E-state index in [2.05, 4.69) is 0 Å². The molecule has 0 radical (unpaired) electrons.